The van der Waals surface area contributed by atoms with Gasteiger partial charge in [0.15, 0.2) is 0 Å². The number of rotatable bonds is 3. The number of pyridine rings is 1. The maximum atomic E-state index is 12.6. The molecule has 1 fully saturated rings. The zero-order valence-electron chi connectivity index (χ0n) is 13.0. The lowest BCUT2D eigenvalue weighted by Crippen LogP contribution is -2.39. The number of hydrogen-bond donors (Lipinski definition) is 1. The van der Waals surface area contributed by atoms with E-state index in [1.807, 2.05) is 42.2 Å². The Morgan fingerprint density at radius 3 is 2.86 bits per heavy atom. The summed E-state index contributed by atoms with van der Waals surface area (Å²) in [6.07, 6.45) is 7.32. The molecule has 0 aliphatic carbocycles. The predicted octanol–water partition coefficient (Wildman–Crippen LogP) is 1.89. The van der Waals surface area contributed by atoms with Crippen molar-refractivity contribution in [3.05, 3.63) is 42.1 Å². The summed E-state index contributed by atoms with van der Waals surface area (Å²) >= 11 is 0. The third-order valence-corrected chi connectivity index (χ3v) is 4.07. The monoisotopic (exact) mass is 299 g/mol. The molecule has 0 unspecified atom stereocenters. The van der Waals surface area contributed by atoms with E-state index in [1.54, 1.807) is 12.4 Å². The fourth-order valence-corrected chi connectivity index (χ4v) is 2.85. The highest BCUT2D eigenvalue weighted by Crippen LogP contribution is 2.25. The molecule has 0 radical (unpaired) electrons. The van der Waals surface area contributed by atoms with Crippen LogP contribution in [0, 0.1) is 0 Å². The van der Waals surface area contributed by atoms with Gasteiger partial charge in [0, 0.05) is 51.7 Å². The first-order valence-electron chi connectivity index (χ1n) is 7.57. The lowest BCUT2D eigenvalue weighted by molar-refractivity contribution is 0.0704. The number of carbonyl (C=O) groups excluding carboxylic acids is 1. The van der Waals surface area contributed by atoms with Crippen molar-refractivity contribution >= 4 is 11.7 Å². The quantitative estimate of drug-likeness (QED) is 0.940. The minimum atomic E-state index is 0.0501. The number of likely N-dealkylation sites (tertiary alicyclic amines) is 1. The summed E-state index contributed by atoms with van der Waals surface area (Å²) in [5.74, 6) is 2.16. The molecule has 0 bridgehead atoms. The van der Waals surface area contributed by atoms with Gasteiger partial charge in [0.05, 0.1) is 5.56 Å². The Morgan fingerprint density at radius 1 is 1.36 bits per heavy atom. The highest BCUT2D eigenvalue weighted by Gasteiger charge is 2.26. The number of hydrogen-bond acceptors (Lipinski definition) is 4. The van der Waals surface area contributed by atoms with Gasteiger partial charge < -0.3 is 14.8 Å². The number of nitrogens with zero attached hydrogens (tertiary/aromatic N) is 4. The number of aromatic nitrogens is 3. The van der Waals surface area contributed by atoms with Gasteiger partial charge in [-0.15, -0.1) is 0 Å². The van der Waals surface area contributed by atoms with Crippen LogP contribution in [-0.2, 0) is 0 Å². The fourth-order valence-electron chi connectivity index (χ4n) is 2.85. The molecule has 1 N–H and O–H groups in total. The Bertz CT molecular complexity index is 620. The molecule has 0 saturated carbocycles. The van der Waals surface area contributed by atoms with Crippen molar-refractivity contribution in [2.75, 3.05) is 32.1 Å². The molecular weight excluding hydrogens is 278 g/mol. The summed E-state index contributed by atoms with van der Waals surface area (Å²) in [6, 6.07) is 3.72. The minimum absolute atomic E-state index is 0.0501. The second-order valence-corrected chi connectivity index (χ2v) is 5.86. The average Bonchev–Trinajstić information content (AvgIpc) is 3.09. The number of anilines is 1. The number of piperidine rings is 1. The predicted molar refractivity (Wildman–Crippen MR) is 85.0 cm³/mol. The third-order valence-electron chi connectivity index (χ3n) is 4.07. The first kappa shape index (κ1) is 14.6. The molecule has 3 rings (SSSR count). The number of amides is 1. The number of aromatic amines is 1. The van der Waals surface area contributed by atoms with Crippen LogP contribution in [-0.4, -0.2) is 52.9 Å². The molecule has 1 atom stereocenters. The van der Waals surface area contributed by atoms with Crippen molar-refractivity contribution in [1.29, 1.82) is 0 Å². The molecule has 1 saturated heterocycles. The molecule has 2 aromatic heterocycles. The number of imidazole rings is 1. The third kappa shape index (κ3) is 2.95. The lowest BCUT2D eigenvalue weighted by Gasteiger charge is -2.32. The van der Waals surface area contributed by atoms with Crippen LogP contribution in [0.15, 0.2) is 30.7 Å². The minimum Gasteiger partial charge on any atom is -0.363 e. The molecule has 6 nitrogen and oxygen atoms in total. The number of nitrogens with one attached hydrogen (secondary N) is 1. The van der Waals surface area contributed by atoms with Crippen LogP contribution in [0.2, 0.25) is 0 Å². The summed E-state index contributed by atoms with van der Waals surface area (Å²) in [5, 5.41) is 0. The second-order valence-electron chi connectivity index (χ2n) is 5.86. The summed E-state index contributed by atoms with van der Waals surface area (Å²) in [5.41, 5.74) is 0.644. The zero-order chi connectivity index (χ0) is 15.5. The Balaban J connectivity index is 1.71. The highest BCUT2D eigenvalue weighted by atomic mass is 16.2. The molecule has 3 heterocycles. The van der Waals surface area contributed by atoms with Gasteiger partial charge in [0.2, 0.25) is 0 Å². The van der Waals surface area contributed by atoms with Crippen molar-refractivity contribution in [3.63, 3.8) is 0 Å². The number of carbonyl (C=O) groups is 1. The van der Waals surface area contributed by atoms with E-state index in [0.717, 1.165) is 31.0 Å². The van der Waals surface area contributed by atoms with Crippen LogP contribution in [0.4, 0.5) is 5.82 Å². The molecule has 1 aliphatic heterocycles. The topological polar surface area (TPSA) is 65.1 Å². The van der Waals surface area contributed by atoms with Gasteiger partial charge in [-0.05, 0) is 25.0 Å². The van der Waals surface area contributed by atoms with Crippen LogP contribution in [0.25, 0.3) is 0 Å². The Morgan fingerprint density at radius 2 is 2.23 bits per heavy atom. The van der Waals surface area contributed by atoms with Crippen molar-refractivity contribution in [3.8, 4) is 0 Å². The lowest BCUT2D eigenvalue weighted by atomic mass is 9.97. The van der Waals surface area contributed by atoms with E-state index in [9.17, 15) is 4.79 Å². The fraction of sp³-hybridized carbons (Fsp3) is 0.438. The average molecular weight is 299 g/mol. The van der Waals surface area contributed by atoms with E-state index < -0.39 is 0 Å². The smallest absolute Gasteiger partial charge is 0.255 e. The van der Waals surface area contributed by atoms with Crippen molar-refractivity contribution in [2.24, 2.45) is 0 Å². The Kier molecular flexibility index (Phi) is 4.09. The molecule has 22 heavy (non-hydrogen) atoms. The SMILES string of the molecule is CN(C)c1ccc(C(=O)N2CCC[C@@H](c3ncc[nH]3)C2)cn1. The highest BCUT2D eigenvalue weighted by molar-refractivity contribution is 5.94. The number of H-pyrrole nitrogens is 1. The van der Waals surface area contributed by atoms with E-state index in [2.05, 4.69) is 15.0 Å². The molecule has 116 valence electrons. The second kappa shape index (κ2) is 6.17. The van der Waals surface area contributed by atoms with Gasteiger partial charge in [-0.3, -0.25) is 4.79 Å². The standard InChI is InChI=1S/C16H21N5O/c1-20(2)14-6-5-12(10-19-14)16(22)21-9-3-4-13(11-21)15-17-7-8-18-15/h5-8,10,13H,3-4,9,11H2,1-2H3,(H,17,18)/t13-/m1/s1. The van der Waals surface area contributed by atoms with Crippen LogP contribution in [0.5, 0.6) is 0 Å². The molecular formula is C16H21N5O. The van der Waals surface area contributed by atoms with Crippen LogP contribution < -0.4 is 4.90 Å². The van der Waals surface area contributed by atoms with Gasteiger partial charge in [-0.25, -0.2) is 9.97 Å². The van der Waals surface area contributed by atoms with Gasteiger partial charge in [-0.1, -0.05) is 0 Å². The van der Waals surface area contributed by atoms with Crippen molar-refractivity contribution in [2.45, 2.75) is 18.8 Å². The summed E-state index contributed by atoms with van der Waals surface area (Å²) in [4.78, 5) is 28.3. The maximum Gasteiger partial charge on any atom is 0.255 e. The van der Waals surface area contributed by atoms with E-state index in [1.165, 1.54) is 0 Å². The first-order valence-corrected chi connectivity index (χ1v) is 7.57. The van der Waals surface area contributed by atoms with E-state index in [0.29, 0.717) is 18.0 Å². The Labute approximate surface area is 130 Å². The van der Waals surface area contributed by atoms with Crippen LogP contribution in [0.1, 0.15) is 34.9 Å². The van der Waals surface area contributed by atoms with E-state index >= 15 is 0 Å². The first-order chi connectivity index (χ1) is 10.6. The normalized spacial score (nSPS) is 18.3. The van der Waals surface area contributed by atoms with Gasteiger partial charge in [0.25, 0.3) is 5.91 Å². The molecule has 0 aromatic carbocycles. The Hall–Kier alpha value is -2.37. The molecule has 2 aromatic rings. The molecule has 1 aliphatic rings. The largest absolute Gasteiger partial charge is 0.363 e. The van der Waals surface area contributed by atoms with Gasteiger partial charge in [0.1, 0.15) is 11.6 Å². The van der Waals surface area contributed by atoms with Crippen molar-refractivity contribution < 1.29 is 4.79 Å². The van der Waals surface area contributed by atoms with Crippen LogP contribution >= 0.6 is 0 Å². The van der Waals surface area contributed by atoms with E-state index in [4.69, 9.17) is 0 Å². The summed E-state index contributed by atoms with van der Waals surface area (Å²) in [7, 11) is 3.87. The van der Waals surface area contributed by atoms with E-state index in [-0.39, 0.29) is 5.91 Å². The van der Waals surface area contributed by atoms with Gasteiger partial charge >= 0.3 is 0 Å². The van der Waals surface area contributed by atoms with Crippen molar-refractivity contribution in [1.82, 2.24) is 19.9 Å². The van der Waals surface area contributed by atoms with Gasteiger partial charge in [-0.2, -0.15) is 0 Å². The molecule has 1 amide bonds. The zero-order valence-corrected chi connectivity index (χ0v) is 13.0. The summed E-state index contributed by atoms with van der Waals surface area (Å²) in [6.45, 7) is 1.51. The van der Waals surface area contributed by atoms with Crippen LogP contribution in [0.3, 0.4) is 0 Å². The molecule has 0 spiro atoms. The molecule has 6 heteroatoms. The summed E-state index contributed by atoms with van der Waals surface area (Å²) < 4.78 is 0. The maximum absolute atomic E-state index is 12.6.